The van der Waals surface area contributed by atoms with Crippen LogP contribution in [0.1, 0.15) is 17.5 Å². The number of ether oxygens (including phenoxy) is 1. The Bertz CT molecular complexity index is 737. The van der Waals surface area contributed by atoms with E-state index in [1.807, 2.05) is 42.5 Å². The maximum Gasteiger partial charge on any atom is 0.145 e. The predicted molar refractivity (Wildman–Crippen MR) is 107 cm³/mol. The second-order valence-electron chi connectivity index (χ2n) is 6.77. The van der Waals surface area contributed by atoms with Crippen LogP contribution in [0.3, 0.4) is 0 Å². The first-order valence-electron chi connectivity index (χ1n) is 9.06. The van der Waals surface area contributed by atoms with Crippen molar-refractivity contribution in [1.82, 2.24) is 4.90 Å². The summed E-state index contributed by atoms with van der Waals surface area (Å²) in [6.07, 6.45) is 0.138. The van der Waals surface area contributed by atoms with Gasteiger partial charge in [0.15, 0.2) is 0 Å². The first-order chi connectivity index (χ1) is 13.1. The second kappa shape index (κ2) is 9.85. The molecule has 2 aromatic rings. The van der Waals surface area contributed by atoms with Crippen LogP contribution >= 0.6 is 11.6 Å². The highest BCUT2D eigenvalue weighted by Gasteiger charge is 2.25. The monoisotopic (exact) mass is 388 g/mol. The summed E-state index contributed by atoms with van der Waals surface area (Å²) in [6, 6.07) is 17.8. The molecule has 144 valence electrons. The lowest BCUT2D eigenvalue weighted by Crippen LogP contribution is -2.39. The maximum atomic E-state index is 10.2. The van der Waals surface area contributed by atoms with Gasteiger partial charge in [-0.25, -0.2) is 0 Å². The minimum atomic E-state index is -0.545. The molecule has 0 fully saturated rings. The molecule has 3 rings (SSSR count). The SMILES string of the molecule is COC[C@H](O)CN(Cc1ccccc1)C[C@@H]1CC(c2ccc(Cl)cc2)=NO1. The van der Waals surface area contributed by atoms with Gasteiger partial charge in [0.2, 0.25) is 0 Å². The predicted octanol–water partition coefficient (Wildman–Crippen LogP) is 3.34. The number of hydrogen-bond donors (Lipinski definition) is 1. The van der Waals surface area contributed by atoms with Crippen LogP contribution in [0.2, 0.25) is 5.02 Å². The van der Waals surface area contributed by atoms with Crippen LogP contribution in [-0.4, -0.2) is 54.7 Å². The van der Waals surface area contributed by atoms with Crippen molar-refractivity contribution in [2.24, 2.45) is 5.16 Å². The lowest BCUT2D eigenvalue weighted by Gasteiger charge is -2.26. The standard InChI is InChI=1S/C21H25ClN2O3/c1-26-15-19(25)13-24(12-16-5-3-2-4-6-16)14-20-11-21(23-27-20)17-7-9-18(22)10-8-17/h2-10,19-20,25H,11-15H2,1H3/t19-,20+/m1/s1. The second-order valence-corrected chi connectivity index (χ2v) is 7.20. The van der Waals surface area contributed by atoms with E-state index in [1.54, 1.807) is 7.11 Å². The van der Waals surface area contributed by atoms with Crippen LogP contribution < -0.4 is 0 Å². The van der Waals surface area contributed by atoms with Gasteiger partial charge in [0.25, 0.3) is 0 Å². The first-order valence-corrected chi connectivity index (χ1v) is 9.43. The Hall–Kier alpha value is -1.92. The number of halogens is 1. The molecule has 1 N–H and O–H groups in total. The highest BCUT2D eigenvalue weighted by molar-refractivity contribution is 6.30. The van der Waals surface area contributed by atoms with Crippen LogP contribution in [-0.2, 0) is 16.1 Å². The number of hydrogen-bond acceptors (Lipinski definition) is 5. The molecule has 0 aromatic heterocycles. The molecule has 0 amide bonds. The molecule has 0 aliphatic carbocycles. The molecule has 0 unspecified atom stereocenters. The highest BCUT2D eigenvalue weighted by Crippen LogP contribution is 2.20. The third-order valence-electron chi connectivity index (χ3n) is 4.45. The van der Waals surface area contributed by atoms with Crippen molar-refractivity contribution in [2.45, 2.75) is 25.2 Å². The summed E-state index contributed by atoms with van der Waals surface area (Å²) in [5.74, 6) is 0. The van der Waals surface area contributed by atoms with E-state index in [2.05, 4.69) is 22.2 Å². The van der Waals surface area contributed by atoms with E-state index < -0.39 is 6.10 Å². The number of rotatable bonds is 9. The molecule has 5 nitrogen and oxygen atoms in total. The molecular formula is C21H25ClN2O3. The minimum Gasteiger partial charge on any atom is -0.390 e. The van der Waals surface area contributed by atoms with Crippen LogP contribution in [0.25, 0.3) is 0 Å². The molecule has 2 atom stereocenters. The van der Waals surface area contributed by atoms with Crippen molar-refractivity contribution in [1.29, 1.82) is 0 Å². The van der Waals surface area contributed by atoms with Gasteiger partial charge >= 0.3 is 0 Å². The molecule has 0 saturated carbocycles. The molecule has 0 spiro atoms. The van der Waals surface area contributed by atoms with Gasteiger partial charge < -0.3 is 14.7 Å². The van der Waals surface area contributed by atoms with Crippen molar-refractivity contribution in [3.8, 4) is 0 Å². The van der Waals surface area contributed by atoms with E-state index in [0.717, 1.165) is 24.2 Å². The number of methoxy groups -OCH3 is 1. The zero-order chi connectivity index (χ0) is 19.1. The summed E-state index contributed by atoms with van der Waals surface area (Å²) in [7, 11) is 1.59. The molecule has 1 aliphatic rings. The fraction of sp³-hybridized carbons (Fsp3) is 0.381. The third kappa shape index (κ3) is 6.04. The van der Waals surface area contributed by atoms with E-state index >= 15 is 0 Å². The lowest BCUT2D eigenvalue weighted by molar-refractivity contribution is 0.00921. The topological polar surface area (TPSA) is 54.3 Å². The average Bonchev–Trinajstić information content (AvgIpc) is 3.11. The molecule has 0 bridgehead atoms. The molecule has 1 heterocycles. The minimum absolute atomic E-state index is 0.0471. The van der Waals surface area contributed by atoms with Gasteiger partial charge in [0.1, 0.15) is 6.10 Å². The van der Waals surface area contributed by atoms with Crippen molar-refractivity contribution in [3.63, 3.8) is 0 Å². The van der Waals surface area contributed by atoms with E-state index in [9.17, 15) is 5.11 Å². The van der Waals surface area contributed by atoms with E-state index in [1.165, 1.54) is 5.56 Å². The smallest absolute Gasteiger partial charge is 0.145 e. The zero-order valence-corrected chi connectivity index (χ0v) is 16.2. The fourth-order valence-corrected chi connectivity index (χ4v) is 3.34. The summed E-state index contributed by atoms with van der Waals surface area (Å²) in [4.78, 5) is 7.84. The Morgan fingerprint density at radius 2 is 1.96 bits per heavy atom. The number of aliphatic hydroxyl groups excluding tert-OH is 1. The Labute approximate surface area is 165 Å². The van der Waals surface area contributed by atoms with Gasteiger partial charge in [-0.1, -0.05) is 59.2 Å². The lowest BCUT2D eigenvalue weighted by atomic mass is 10.0. The summed E-state index contributed by atoms with van der Waals surface area (Å²) in [6.45, 7) is 2.23. The molecule has 0 saturated heterocycles. The van der Waals surface area contributed by atoms with Gasteiger partial charge in [-0.3, -0.25) is 4.90 Å². The summed E-state index contributed by atoms with van der Waals surface area (Å²) >= 11 is 5.96. The normalized spacial score (nSPS) is 17.6. The molecule has 2 aromatic carbocycles. The highest BCUT2D eigenvalue weighted by atomic mass is 35.5. The van der Waals surface area contributed by atoms with Gasteiger partial charge in [0, 0.05) is 38.2 Å². The Morgan fingerprint density at radius 3 is 2.67 bits per heavy atom. The van der Waals surface area contributed by atoms with Crippen LogP contribution in [0.15, 0.2) is 59.8 Å². The summed E-state index contributed by atoms with van der Waals surface area (Å²) < 4.78 is 5.07. The largest absolute Gasteiger partial charge is 0.390 e. The maximum absolute atomic E-state index is 10.2. The van der Waals surface area contributed by atoms with Crippen molar-refractivity contribution in [3.05, 3.63) is 70.7 Å². The Kier molecular flexibility index (Phi) is 7.24. The Morgan fingerprint density at radius 1 is 1.22 bits per heavy atom. The van der Waals surface area contributed by atoms with E-state index in [0.29, 0.717) is 24.7 Å². The molecule has 1 aliphatic heterocycles. The van der Waals surface area contributed by atoms with Crippen LogP contribution in [0.4, 0.5) is 0 Å². The van der Waals surface area contributed by atoms with Gasteiger partial charge in [0.05, 0.1) is 18.4 Å². The van der Waals surface area contributed by atoms with Crippen molar-refractivity contribution >= 4 is 17.3 Å². The molecule has 0 radical (unpaired) electrons. The Balaban J connectivity index is 1.61. The van der Waals surface area contributed by atoms with Crippen molar-refractivity contribution in [2.75, 3.05) is 26.8 Å². The van der Waals surface area contributed by atoms with Gasteiger partial charge in [-0.05, 0) is 23.3 Å². The van der Waals surface area contributed by atoms with Crippen molar-refractivity contribution < 1.29 is 14.7 Å². The van der Waals surface area contributed by atoms with Gasteiger partial charge in [-0.2, -0.15) is 0 Å². The van der Waals surface area contributed by atoms with E-state index in [-0.39, 0.29) is 6.10 Å². The third-order valence-corrected chi connectivity index (χ3v) is 4.70. The van der Waals surface area contributed by atoms with Crippen LogP contribution in [0.5, 0.6) is 0 Å². The quantitative estimate of drug-likeness (QED) is 0.715. The first kappa shape index (κ1) is 19.8. The van der Waals surface area contributed by atoms with E-state index in [4.69, 9.17) is 21.2 Å². The summed E-state index contributed by atoms with van der Waals surface area (Å²) in [5.41, 5.74) is 3.14. The zero-order valence-electron chi connectivity index (χ0n) is 15.4. The molecular weight excluding hydrogens is 364 g/mol. The number of oxime groups is 1. The molecule has 27 heavy (non-hydrogen) atoms. The fourth-order valence-electron chi connectivity index (χ4n) is 3.22. The summed E-state index contributed by atoms with van der Waals surface area (Å²) in [5, 5.41) is 15.1. The number of aliphatic hydroxyl groups is 1. The van der Waals surface area contributed by atoms with Crippen LogP contribution in [0, 0.1) is 0 Å². The molecule has 6 heteroatoms. The van der Waals surface area contributed by atoms with Gasteiger partial charge in [-0.15, -0.1) is 0 Å². The number of benzene rings is 2. The average molecular weight is 389 g/mol. The number of nitrogens with zero attached hydrogens (tertiary/aromatic N) is 2.